The van der Waals surface area contributed by atoms with Gasteiger partial charge in [-0.05, 0) is 6.42 Å². The Morgan fingerprint density at radius 3 is 2.95 bits per heavy atom. The Bertz CT molecular complexity index is 439. The normalized spacial score (nSPS) is 19.2. The number of nitrogens with zero attached hydrogens (tertiary/aromatic N) is 3. The van der Waals surface area contributed by atoms with E-state index in [1.54, 1.807) is 7.11 Å². The number of aromatic nitrogens is 2. The second kappa shape index (κ2) is 5.96. The van der Waals surface area contributed by atoms with Crippen molar-refractivity contribution in [2.45, 2.75) is 31.6 Å². The van der Waals surface area contributed by atoms with Gasteiger partial charge >= 0.3 is 0 Å². The van der Waals surface area contributed by atoms with Crippen LogP contribution in [0.5, 0.6) is 0 Å². The summed E-state index contributed by atoms with van der Waals surface area (Å²) in [4.78, 5) is 11.0. The Balaban J connectivity index is 2.16. The summed E-state index contributed by atoms with van der Waals surface area (Å²) in [7, 11) is 1.64. The van der Waals surface area contributed by atoms with E-state index in [4.69, 9.17) is 10.5 Å². The third-order valence-corrected chi connectivity index (χ3v) is 4.59. The zero-order chi connectivity index (χ0) is 13.9. The third kappa shape index (κ3) is 3.98. The van der Waals surface area contributed by atoms with Gasteiger partial charge in [0, 0.05) is 36.8 Å². The summed E-state index contributed by atoms with van der Waals surface area (Å²) in [6, 6.07) is 1.85. The van der Waals surface area contributed by atoms with Crippen molar-refractivity contribution in [2.75, 3.05) is 36.6 Å². The second-order valence-electron chi connectivity index (χ2n) is 5.35. The van der Waals surface area contributed by atoms with Gasteiger partial charge in [-0.1, -0.05) is 13.8 Å². The van der Waals surface area contributed by atoms with E-state index < -0.39 is 0 Å². The molecule has 0 radical (unpaired) electrons. The maximum atomic E-state index is 5.85. The molecule has 1 fully saturated rings. The van der Waals surface area contributed by atoms with Gasteiger partial charge in [0.2, 0.25) is 0 Å². The Kier molecular flexibility index (Phi) is 4.52. The van der Waals surface area contributed by atoms with Crippen LogP contribution in [0.15, 0.2) is 6.07 Å². The summed E-state index contributed by atoms with van der Waals surface area (Å²) in [5.41, 5.74) is 5.85. The minimum atomic E-state index is 0.336. The molecule has 0 unspecified atom stereocenters. The highest BCUT2D eigenvalue weighted by molar-refractivity contribution is 8.00. The van der Waals surface area contributed by atoms with Gasteiger partial charge < -0.3 is 15.4 Å². The molecule has 1 saturated heterocycles. The van der Waals surface area contributed by atoms with Gasteiger partial charge in [0.05, 0.1) is 0 Å². The molecule has 0 amide bonds. The lowest BCUT2D eigenvalue weighted by Gasteiger charge is -2.23. The fourth-order valence-electron chi connectivity index (χ4n) is 2.11. The molecule has 2 N–H and O–H groups in total. The summed E-state index contributed by atoms with van der Waals surface area (Å²) >= 11 is 2.02. The highest BCUT2D eigenvalue weighted by Crippen LogP contribution is 2.32. The summed E-state index contributed by atoms with van der Waals surface area (Å²) < 4.78 is 5.42. The van der Waals surface area contributed by atoms with Crippen molar-refractivity contribution in [1.82, 2.24) is 9.97 Å². The van der Waals surface area contributed by atoms with Crippen molar-refractivity contribution < 1.29 is 4.74 Å². The van der Waals surface area contributed by atoms with Crippen molar-refractivity contribution in [3.05, 3.63) is 11.9 Å². The van der Waals surface area contributed by atoms with Crippen LogP contribution in [0.3, 0.4) is 0 Å². The Morgan fingerprint density at radius 2 is 2.21 bits per heavy atom. The van der Waals surface area contributed by atoms with Gasteiger partial charge in [-0.2, -0.15) is 11.8 Å². The zero-order valence-electron chi connectivity index (χ0n) is 11.8. The standard InChI is InChI=1S/C13H22N4OS/c1-13(2)4-5-17(6-7-19-13)12-8-10(14)15-11(16-12)9-18-3/h8H,4-7,9H2,1-3H3,(H2,14,15,16). The number of thioether (sulfide) groups is 1. The number of nitrogens with two attached hydrogens (primary N) is 1. The minimum Gasteiger partial charge on any atom is -0.384 e. The molecule has 19 heavy (non-hydrogen) atoms. The molecule has 0 saturated carbocycles. The lowest BCUT2D eigenvalue weighted by molar-refractivity contribution is 0.178. The van der Waals surface area contributed by atoms with Crippen LogP contribution < -0.4 is 10.6 Å². The molecule has 5 nitrogen and oxygen atoms in total. The number of ether oxygens (including phenoxy) is 1. The molecular formula is C13H22N4OS. The first kappa shape index (κ1) is 14.4. The summed E-state index contributed by atoms with van der Waals surface area (Å²) in [5, 5.41) is 0. The maximum absolute atomic E-state index is 5.85. The fraction of sp³-hybridized carbons (Fsp3) is 0.692. The highest BCUT2D eigenvalue weighted by Gasteiger charge is 2.24. The van der Waals surface area contributed by atoms with E-state index >= 15 is 0 Å². The Morgan fingerprint density at radius 1 is 1.42 bits per heavy atom. The van der Waals surface area contributed by atoms with E-state index in [-0.39, 0.29) is 0 Å². The van der Waals surface area contributed by atoms with Crippen LogP contribution in [0.4, 0.5) is 11.6 Å². The average molecular weight is 282 g/mol. The van der Waals surface area contributed by atoms with Crippen LogP contribution in [-0.2, 0) is 11.3 Å². The van der Waals surface area contributed by atoms with E-state index in [2.05, 4.69) is 28.7 Å². The molecule has 1 aliphatic rings. The Hall–Kier alpha value is -1.01. The summed E-state index contributed by atoms with van der Waals surface area (Å²) in [6.07, 6.45) is 1.14. The van der Waals surface area contributed by atoms with Crippen molar-refractivity contribution in [3.8, 4) is 0 Å². The average Bonchev–Trinajstić information content (AvgIpc) is 2.50. The second-order valence-corrected chi connectivity index (χ2v) is 7.15. The van der Waals surface area contributed by atoms with Crippen molar-refractivity contribution in [1.29, 1.82) is 0 Å². The molecule has 1 aliphatic heterocycles. The number of methoxy groups -OCH3 is 1. The number of nitrogen functional groups attached to an aromatic ring is 1. The molecule has 1 aromatic rings. The molecule has 0 aliphatic carbocycles. The molecule has 6 heteroatoms. The smallest absolute Gasteiger partial charge is 0.158 e. The molecular weight excluding hydrogens is 260 g/mol. The first-order valence-corrected chi connectivity index (χ1v) is 7.50. The SMILES string of the molecule is COCc1nc(N)cc(N2CCSC(C)(C)CC2)n1. The van der Waals surface area contributed by atoms with Gasteiger partial charge in [-0.25, -0.2) is 9.97 Å². The lowest BCUT2D eigenvalue weighted by Crippen LogP contribution is -2.28. The zero-order valence-corrected chi connectivity index (χ0v) is 12.7. The molecule has 2 rings (SSSR count). The first-order valence-electron chi connectivity index (χ1n) is 6.51. The Labute approximate surface area is 118 Å². The first-order chi connectivity index (χ1) is 9.00. The highest BCUT2D eigenvalue weighted by atomic mass is 32.2. The third-order valence-electron chi connectivity index (χ3n) is 3.21. The molecule has 0 spiro atoms. The number of hydrogen-bond acceptors (Lipinski definition) is 6. The molecule has 0 atom stereocenters. The molecule has 1 aromatic heterocycles. The van der Waals surface area contributed by atoms with Crippen LogP contribution in [0.25, 0.3) is 0 Å². The van der Waals surface area contributed by atoms with Crippen molar-refractivity contribution in [3.63, 3.8) is 0 Å². The molecule has 2 heterocycles. The summed E-state index contributed by atoms with van der Waals surface area (Å²) in [5.74, 6) is 3.18. The van der Waals surface area contributed by atoms with Crippen LogP contribution in [0.2, 0.25) is 0 Å². The van der Waals surface area contributed by atoms with E-state index in [9.17, 15) is 0 Å². The van der Waals surface area contributed by atoms with E-state index in [1.165, 1.54) is 0 Å². The van der Waals surface area contributed by atoms with Gasteiger partial charge in [0.25, 0.3) is 0 Å². The van der Waals surface area contributed by atoms with Crippen molar-refractivity contribution >= 4 is 23.4 Å². The van der Waals surface area contributed by atoms with Gasteiger partial charge in [-0.15, -0.1) is 0 Å². The lowest BCUT2D eigenvalue weighted by atomic mass is 10.1. The van der Waals surface area contributed by atoms with E-state index in [1.807, 2.05) is 17.8 Å². The van der Waals surface area contributed by atoms with E-state index in [0.717, 1.165) is 31.1 Å². The number of rotatable bonds is 3. The van der Waals surface area contributed by atoms with Gasteiger partial charge in [0.15, 0.2) is 5.82 Å². The van der Waals surface area contributed by atoms with Crippen molar-refractivity contribution in [2.24, 2.45) is 0 Å². The van der Waals surface area contributed by atoms with Gasteiger partial charge in [-0.3, -0.25) is 0 Å². The molecule has 106 valence electrons. The fourth-order valence-corrected chi connectivity index (χ4v) is 3.21. The maximum Gasteiger partial charge on any atom is 0.158 e. The molecule has 0 bridgehead atoms. The van der Waals surface area contributed by atoms with Crippen LogP contribution in [0.1, 0.15) is 26.1 Å². The predicted molar refractivity (Wildman–Crippen MR) is 80.5 cm³/mol. The monoisotopic (exact) mass is 282 g/mol. The predicted octanol–water partition coefficient (Wildman–Crippen LogP) is 1.93. The summed E-state index contributed by atoms with van der Waals surface area (Å²) in [6.45, 7) is 6.99. The number of hydrogen-bond donors (Lipinski definition) is 1. The quantitative estimate of drug-likeness (QED) is 0.914. The van der Waals surface area contributed by atoms with Gasteiger partial charge in [0.1, 0.15) is 18.2 Å². The topological polar surface area (TPSA) is 64.3 Å². The minimum absolute atomic E-state index is 0.336. The number of anilines is 2. The largest absolute Gasteiger partial charge is 0.384 e. The van der Waals surface area contributed by atoms with Crippen LogP contribution in [-0.4, -0.2) is 40.7 Å². The molecule has 0 aromatic carbocycles. The van der Waals surface area contributed by atoms with Crippen LogP contribution in [0, 0.1) is 0 Å². The van der Waals surface area contributed by atoms with E-state index in [0.29, 0.717) is 23.0 Å². The van der Waals surface area contributed by atoms with Crippen LogP contribution >= 0.6 is 11.8 Å².